The first-order valence-electron chi connectivity index (χ1n) is 9.42. The molecule has 1 aliphatic heterocycles. The van der Waals surface area contributed by atoms with Gasteiger partial charge in [0, 0.05) is 44.7 Å². The molecule has 2 N–H and O–H groups in total. The van der Waals surface area contributed by atoms with Crippen molar-refractivity contribution in [3.63, 3.8) is 0 Å². The Labute approximate surface area is 146 Å². The lowest BCUT2D eigenvalue weighted by Gasteiger charge is -2.39. The molecule has 4 nitrogen and oxygen atoms in total. The minimum atomic E-state index is 0.154. The third-order valence-electron chi connectivity index (χ3n) is 5.77. The summed E-state index contributed by atoms with van der Waals surface area (Å²) in [6, 6.07) is 11.2. The molecule has 1 saturated heterocycles. The number of carbonyl (C=O) groups is 1. The first kappa shape index (κ1) is 17.4. The van der Waals surface area contributed by atoms with Crippen LogP contribution < -0.4 is 5.73 Å². The van der Waals surface area contributed by atoms with Gasteiger partial charge in [-0.05, 0) is 37.7 Å². The molecule has 1 saturated carbocycles. The Morgan fingerprint density at radius 2 is 1.88 bits per heavy atom. The quantitative estimate of drug-likeness (QED) is 0.924. The van der Waals surface area contributed by atoms with Gasteiger partial charge in [-0.25, -0.2) is 0 Å². The van der Waals surface area contributed by atoms with Crippen molar-refractivity contribution in [2.45, 2.75) is 57.2 Å². The van der Waals surface area contributed by atoms with E-state index in [0.29, 0.717) is 11.9 Å². The van der Waals surface area contributed by atoms with E-state index in [1.54, 1.807) is 0 Å². The van der Waals surface area contributed by atoms with Crippen LogP contribution in [0.5, 0.6) is 0 Å². The summed E-state index contributed by atoms with van der Waals surface area (Å²) in [5.74, 6) is 0.479. The average molecular weight is 329 g/mol. The highest BCUT2D eigenvalue weighted by Gasteiger charge is 2.31. The molecular formula is C20H31N3O. The largest absolute Gasteiger partial charge is 0.342 e. The van der Waals surface area contributed by atoms with Gasteiger partial charge in [-0.2, -0.15) is 0 Å². The summed E-state index contributed by atoms with van der Waals surface area (Å²) in [5, 5.41) is 0. The van der Waals surface area contributed by atoms with Gasteiger partial charge in [0.05, 0.1) is 0 Å². The van der Waals surface area contributed by atoms with Crippen LogP contribution in [0.3, 0.4) is 0 Å². The molecule has 2 aliphatic rings. The van der Waals surface area contributed by atoms with Gasteiger partial charge in [-0.15, -0.1) is 0 Å². The van der Waals surface area contributed by atoms with Crippen molar-refractivity contribution >= 4 is 5.91 Å². The second kappa shape index (κ2) is 8.13. The Morgan fingerprint density at radius 3 is 2.54 bits per heavy atom. The number of carbonyl (C=O) groups excluding carboxylic acids is 1. The highest BCUT2D eigenvalue weighted by Crippen LogP contribution is 2.27. The van der Waals surface area contributed by atoms with Gasteiger partial charge >= 0.3 is 0 Å². The summed E-state index contributed by atoms with van der Waals surface area (Å²) in [5.41, 5.74) is 7.43. The van der Waals surface area contributed by atoms with Gasteiger partial charge in [0.1, 0.15) is 0 Å². The maximum atomic E-state index is 12.8. The molecule has 2 fully saturated rings. The maximum Gasteiger partial charge on any atom is 0.225 e. The zero-order valence-corrected chi connectivity index (χ0v) is 14.9. The fourth-order valence-electron chi connectivity index (χ4n) is 4.23. The number of amides is 1. The monoisotopic (exact) mass is 329 g/mol. The molecule has 1 aliphatic carbocycles. The van der Waals surface area contributed by atoms with E-state index in [0.717, 1.165) is 58.2 Å². The highest BCUT2D eigenvalue weighted by atomic mass is 16.2. The third-order valence-corrected chi connectivity index (χ3v) is 5.77. The minimum absolute atomic E-state index is 0.154. The standard InChI is InChI=1S/C20H31N3O/c1-22(20(24)17-8-5-9-18(21)14-17)19-10-12-23(13-11-19)15-16-6-3-2-4-7-16/h2-4,6-7,17-19H,5,8-15,21H2,1H3. The number of nitrogens with zero attached hydrogens (tertiary/aromatic N) is 2. The molecule has 1 heterocycles. The van der Waals surface area contributed by atoms with E-state index in [9.17, 15) is 4.79 Å². The van der Waals surface area contributed by atoms with Gasteiger partial charge in [-0.3, -0.25) is 9.69 Å². The number of hydrogen-bond acceptors (Lipinski definition) is 3. The lowest BCUT2D eigenvalue weighted by atomic mass is 9.85. The van der Waals surface area contributed by atoms with Crippen LogP contribution in [0.4, 0.5) is 0 Å². The second-order valence-corrected chi connectivity index (χ2v) is 7.57. The summed E-state index contributed by atoms with van der Waals surface area (Å²) >= 11 is 0. The van der Waals surface area contributed by atoms with E-state index in [-0.39, 0.29) is 12.0 Å². The predicted molar refractivity (Wildman–Crippen MR) is 97.4 cm³/mol. The lowest BCUT2D eigenvalue weighted by molar-refractivity contribution is -0.138. The Morgan fingerprint density at radius 1 is 1.17 bits per heavy atom. The Balaban J connectivity index is 1.48. The molecule has 1 amide bonds. The molecule has 0 spiro atoms. The molecular weight excluding hydrogens is 298 g/mol. The van der Waals surface area contributed by atoms with Crippen molar-refractivity contribution in [3.05, 3.63) is 35.9 Å². The Hall–Kier alpha value is -1.39. The van der Waals surface area contributed by atoms with Crippen LogP contribution in [-0.4, -0.2) is 47.9 Å². The summed E-state index contributed by atoms with van der Waals surface area (Å²) in [7, 11) is 2.00. The van der Waals surface area contributed by atoms with Crippen molar-refractivity contribution in [1.82, 2.24) is 9.80 Å². The van der Waals surface area contributed by atoms with Crippen LogP contribution in [0, 0.1) is 5.92 Å². The van der Waals surface area contributed by atoms with Crippen molar-refractivity contribution in [1.29, 1.82) is 0 Å². The van der Waals surface area contributed by atoms with Crippen LogP contribution >= 0.6 is 0 Å². The summed E-state index contributed by atoms with van der Waals surface area (Å²) in [6.45, 7) is 3.16. The van der Waals surface area contributed by atoms with Crippen LogP contribution in [0.25, 0.3) is 0 Å². The molecule has 1 aromatic rings. The van der Waals surface area contributed by atoms with E-state index >= 15 is 0 Å². The van der Waals surface area contributed by atoms with Gasteiger partial charge in [0.2, 0.25) is 5.91 Å². The fraction of sp³-hybridized carbons (Fsp3) is 0.650. The molecule has 1 aromatic carbocycles. The molecule has 3 rings (SSSR count). The van der Waals surface area contributed by atoms with Crippen LogP contribution in [0.1, 0.15) is 44.1 Å². The third kappa shape index (κ3) is 4.37. The SMILES string of the molecule is CN(C(=O)C1CCCC(N)C1)C1CCN(Cc2ccccc2)CC1. The van der Waals surface area contributed by atoms with Crippen LogP contribution in [-0.2, 0) is 11.3 Å². The molecule has 0 aromatic heterocycles. The number of hydrogen-bond donors (Lipinski definition) is 1. The zero-order chi connectivity index (χ0) is 16.9. The van der Waals surface area contributed by atoms with Crippen molar-refractivity contribution < 1.29 is 4.79 Å². The van der Waals surface area contributed by atoms with Crippen LogP contribution in [0.15, 0.2) is 30.3 Å². The van der Waals surface area contributed by atoms with Crippen molar-refractivity contribution in [3.8, 4) is 0 Å². The van der Waals surface area contributed by atoms with E-state index in [1.807, 2.05) is 11.9 Å². The summed E-state index contributed by atoms with van der Waals surface area (Å²) < 4.78 is 0. The molecule has 24 heavy (non-hydrogen) atoms. The second-order valence-electron chi connectivity index (χ2n) is 7.57. The van der Waals surface area contributed by atoms with E-state index in [4.69, 9.17) is 5.73 Å². The number of nitrogens with two attached hydrogens (primary N) is 1. The average Bonchev–Trinajstić information content (AvgIpc) is 2.62. The normalized spacial score (nSPS) is 26.2. The van der Waals surface area contributed by atoms with Crippen molar-refractivity contribution in [2.24, 2.45) is 11.7 Å². The maximum absolute atomic E-state index is 12.8. The van der Waals surface area contributed by atoms with E-state index < -0.39 is 0 Å². The number of benzene rings is 1. The molecule has 0 radical (unpaired) electrons. The molecule has 132 valence electrons. The first-order chi connectivity index (χ1) is 11.6. The molecule has 0 bridgehead atoms. The smallest absolute Gasteiger partial charge is 0.225 e. The zero-order valence-electron chi connectivity index (χ0n) is 14.9. The predicted octanol–water partition coefficient (Wildman–Crippen LogP) is 2.63. The fourth-order valence-corrected chi connectivity index (χ4v) is 4.23. The Kier molecular flexibility index (Phi) is 5.90. The molecule has 2 atom stereocenters. The topological polar surface area (TPSA) is 49.6 Å². The van der Waals surface area contributed by atoms with Gasteiger partial charge < -0.3 is 10.6 Å². The van der Waals surface area contributed by atoms with Gasteiger partial charge in [-0.1, -0.05) is 36.8 Å². The lowest BCUT2D eigenvalue weighted by Crippen LogP contribution is -2.48. The molecule has 4 heteroatoms. The number of piperidine rings is 1. The van der Waals surface area contributed by atoms with Gasteiger partial charge in [0.15, 0.2) is 0 Å². The number of rotatable bonds is 4. The van der Waals surface area contributed by atoms with Gasteiger partial charge in [0.25, 0.3) is 0 Å². The van der Waals surface area contributed by atoms with E-state index in [2.05, 4.69) is 35.2 Å². The summed E-state index contributed by atoms with van der Waals surface area (Å²) in [6.07, 6.45) is 6.22. The first-order valence-corrected chi connectivity index (χ1v) is 9.42. The van der Waals surface area contributed by atoms with Crippen molar-refractivity contribution in [2.75, 3.05) is 20.1 Å². The highest BCUT2D eigenvalue weighted by molar-refractivity contribution is 5.79. The van der Waals surface area contributed by atoms with E-state index in [1.165, 1.54) is 5.56 Å². The number of likely N-dealkylation sites (tertiary alicyclic amines) is 1. The Bertz CT molecular complexity index is 525. The summed E-state index contributed by atoms with van der Waals surface area (Å²) in [4.78, 5) is 17.3. The minimum Gasteiger partial charge on any atom is -0.342 e. The van der Waals surface area contributed by atoms with Crippen LogP contribution in [0.2, 0.25) is 0 Å². The molecule has 2 unspecified atom stereocenters.